The summed E-state index contributed by atoms with van der Waals surface area (Å²) >= 11 is 0. The lowest BCUT2D eigenvalue weighted by Crippen LogP contribution is -1.70. The maximum atomic E-state index is 8.27. The van der Waals surface area contributed by atoms with Gasteiger partial charge in [0.05, 0.1) is 9.11 Å². The van der Waals surface area contributed by atoms with Crippen LogP contribution < -0.4 is 0 Å². The van der Waals surface area contributed by atoms with E-state index in [4.69, 9.17) is 7.85 Å². The first-order chi connectivity index (χ1) is 5.12. The van der Waals surface area contributed by atoms with Crippen molar-refractivity contribution < 1.29 is 7.85 Å². The van der Waals surface area contributed by atoms with Gasteiger partial charge in [-0.1, -0.05) is 24.7 Å². The largest absolute Gasteiger partial charge is 0.384 e. The van der Waals surface area contributed by atoms with Crippen molar-refractivity contribution in [3.8, 4) is 23.7 Å². The second kappa shape index (κ2) is 7.08. The molecule has 0 aromatic rings. The highest BCUT2D eigenvalue weighted by molar-refractivity contribution is 5.11. The summed E-state index contributed by atoms with van der Waals surface area (Å²) in [5.74, 6) is 9.36. The molecule has 0 radical (unpaired) electrons. The fraction of sp³-hybridized carbons (Fsp3) is 0.500. The Morgan fingerprint density at radius 3 is 2.56 bits per heavy atom. The molecule has 0 spiro atoms. The molecular formula is C8H10O. The van der Waals surface area contributed by atoms with Crippen molar-refractivity contribution >= 4 is 0 Å². The summed E-state index contributed by atoms with van der Waals surface area (Å²) in [6.07, 6.45) is -1.17. The number of rotatable bonds is 0. The minimum Gasteiger partial charge on any atom is -0.384 e. The molecule has 1 heteroatoms. The van der Waals surface area contributed by atoms with Crippen LogP contribution in [0.3, 0.4) is 0 Å². The van der Waals surface area contributed by atoms with Crippen LogP contribution in [0.15, 0.2) is 0 Å². The zero-order chi connectivity index (χ0) is 8.74. The lowest BCUT2D eigenvalue weighted by molar-refractivity contribution is 0.350. The van der Waals surface area contributed by atoms with E-state index in [9.17, 15) is 0 Å². The average molecular weight is 124 g/mol. The van der Waals surface area contributed by atoms with Gasteiger partial charge in [0.15, 0.2) is 0 Å². The zero-order valence-corrected chi connectivity index (χ0v) is 5.36. The molecule has 0 rings (SSSR count). The smallest absolute Gasteiger partial charge is 0.104 e. The maximum Gasteiger partial charge on any atom is 0.104 e. The monoisotopic (exact) mass is 124 g/mol. The molecule has 1 N–H and O–H groups in total. The van der Waals surface area contributed by atoms with Gasteiger partial charge in [-0.2, -0.15) is 0 Å². The third kappa shape index (κ3) is 7.08. The molecule has 0 heterocycles. The Morgan fingerprint density at radius 1 is 1.33 bits per heavy atom. The molecule has 0 saturated carbocycles. The standard InChI is InChI=1S/C8H10O/c1-2-3-4-5-6-7-8-9/h9H,2,5,8H2,1H3/i5D2. The molecule has 1 nitrogen and oxygen atoms in total. The van der Waals surface area contributed by atoms with E-state index in [1.54, 1.807) is 0 Å². The zero-order valence-electron chi connectivity index (χ0n) is 7.36. The average Bonchev–Trinajstić information content (AvgIpc) is 1.97. The van der Waals surface area contributed by atoms with Crippen molar-refractivity contribution in [1.29, 1.82) is 0 Å². The summed E-state index contributed by atoms with van der Waals surface area (Å²) in [4.78, 5) is 0. The molecule has 0 aromatic carbocycles. The summed E-state index contributed by atoms with van der Waals surface area (Å²) < 4.78 is 14.3. The van der Waals surface area contributed by atoms with Gasteiger partial charge in [0.1, 0.15) is 6.61 Å². The normalized spacial score (nSPS) is 11.3. The van der Waals surface area contributed by atoms with Gasteiger partial charge in [-0.15, -0.1) is 5.92 Å². The number of hydrogen-bond acceptors (Lipinski definition) is 1. The number of aliphatic hydroxyl groups is 1. The van der Waals surface area contributed by atoms with Gasteiger partial charge in [0.25, 0.3) is 0 Å². The summed E-state index contributed by atoms with van der Waals surface area (Å²) in [6, 6.07) is 0. The van der Waals surface area contributed by atoms with Crippen LogP contribution in [0, 0.1) is 23.7 Å². The molecule has 0 aliphatic carbocycles. The van der Waals surface area contributed by atoms with Crippen LogP contribution in [0.2, 0.25) is 0 Å². The van der Waals surface area contributed by atoms with Crippen molar-refractivity contribution in [3.63, 3.8) is 0 Å². The maximum absolute atomic E-state index is 8.27. The summed E-state index contributed by atoms with van der Waals surface area (Å²) in [5.41, 5.74) is 0. The Balaban J connectivity index is 4.21. The summed E-state index contributed by atoms with van der Waals surface area (Å²) in [6.45, 7) is 1.51. The molecule has 48 valence electrons. The van der Waals surface area contributed by atoms with E-state index in [1.807, 2.05) is 6.92 Å². The Morgan fingerprint density at radius 2 is 2.00 bits per heavy atom. The van der Waals surface area contributed by atoms with Crippen molar-refractivity contribution in [3.05, 3.63) is 0 Å². The van der Waals surface area contributed by atoms with E-state index >= 15 is 0 Å². The van der Waals surface area contributed by atoms with E-state index in [0.29, 0.717) is 6.42 Å². The Labute approximate surface area is 58.9 Å². The molecule has 0 saturated heterocycles. The van der Waals surface area contributed by atoms with E-state index in [2.05, 4.69) is 23.7 Å². The molecule has 9 heavy (non-hydrogen) atoms. The third-order valence-electron chi connectivity index (χ3n) is 0.558. The first kappa shape index (κ1) is 4.91. The van der Waals surface area contributed by atoms with Gasteiger partial charge < -0.3 is 5.11 Å². The molecule has 0 atom stereocenters. The van der Waals surface area contributed by atoms with Crippen LogP contribution in [0.4, 0.5) is 0 Å². The van der Waals surface area contributed by atoms with Gasteiger partial charge in [-0.3, -0.25) is 0 Å². The molecule has 0 aromatic heterocycles. The van der Waals surface area contributed by atoms with Crippen molar-refractivity contribution in [2.24, 2.45) is 0 Å². The van der Waals surface area contributed by atoms with E-state index in [-0.39, 0.29) is 6.61 Å². The fourth-order valence-corrected chi connectivity index (χ4v) is 0.248. The molecule has 0 bridgehead atoms. The van der Waals surface area contributed by atoms with E-state index in [0.717, 1.165) is 0 Å². The molecule has 0 amide bonds. The lowest BCUT2D eigenvalue weighted by atomic mass is 10.4. The molecule has 0 aliphatic rings. The molecule has 0 aliphatic heterocycles. The second-order valence-corrected chi connectivity index (χ2v) is 1.24. The van der Waals surface area contributed by atoms with Gasteiger partial charge in [-0.25, -0.2) is 0 Å². The molecule has 0 unspecified atom stereocenters. The highest BCUT2D eigenvalue weighted by Gasteiger charge is 1.64. The van der Waals surface area contributed by atoms with E-state index < -0.39 is 6.37 Å². The van der Waals surface area contributed by atoms with Gasteiger partial charge >= 0.3 is 0 Å². The minimum atomic E-state index is -1.78. The summed E-state index contributed by atoms with van der Waals surface area (Å²) in [7, 11) is 0. The fourth-order valence-electron chi connectivity index (χ4n) is 0.248. The SMILES string of the molecule is [2H]C([2H])(C#CCC)C#CCO. The van der Waals surface area contributed by atoms with Crippen molar-refractivity contribution in [2.75, 3.05) is 6.61 Å². The minimum absolute atomic E-state index is 0.326. The van der Waals surface area contributed by atoms with Crippen molar-refractivity contribution in [2.45, 2.75) is 19.7 Å². The first-order valence-corrected chi connectivity index (χ1v) is 2.73. The van der Waals surface area contributed by atoms with Crippen LogP contribution in [0.25, 0.3) is 0 Å². The lowest BCUT2D eigenvalue weighted by Gasteiger charge is -1.70. The number of hydrogen-bond donors (Lipinski definition) is 1. The third-order valence-corrected chi connectivity index (χ3v) is 0.558. The van der Waals surface area contributed by atoms with Crippen LogP contribution >= 0.6 is 0 Å². The van der Waals surface area contributed by atoms with Crippen LogP contribution in [-0.2, 0) is 0 Å². The van der Waals surface area contributed by atoms with Crippen molar-refractivity contribution in [1.82, 2.24) is 0 Å². The van der Waals surface area contributed by atoms with Crippen LogP contribution in [0.1, 0.15) is 22.5 Å². The Bertz CT molecular complexity index is 200. The Hall–Kier alpha value is -0.920. The quantitative estimate of drug-likeness (QED) is 0.473. The highest BCUT2D eigenvalue weighted by atomic mass is 16.2. The highest BCUT2D eigenvalue weighted by Crippen LogP contribution is 1.72. The topological polar surface area (TPSA) is 20.2 Å². The van der Waals surface area contributed by atoms with Gasteiger partial charge in [0.2, 0.25) is 0 Å². The van der Waals surface area contributed by atoms with Gasteiger partial charge in [0, 0.05) is 6.42 Å². The summed E-state index contributed by atoms with van der Waals surface area (Å²) in [5, 5.41) is 8.27. The predicted molar refractivity (Wildman–Crippen MR) is 37.5 cm³/mol. The predicted octanol–water partition coefficient (Wildman–Crippen LogP) is 0.786. The molecular weight excluding hydrogens is 112 g/mol. The van der Waals surface area contributed by atoms with Crippen LogP contribution in [0.5, 0.6) is 0 Å². The van der Waals surface area contributed by atoms with Crippen LogP contribution in [-0.4, -0.2) is 11.7 Å². The Kier molecular flexibility index (Phi) is 3.86. The van der Waals surface area contributed by atoms with Gasteiger partial charge in [-0.05, 0) is 0 Å². The number of aliphatic hydroxyl groups excluding tert-OH is 1. The second-order valence-electron chi connectivity index (χ2n) is 1.24. The first-order valence-electron chi connectivity index (χ1n) is 3.73. The molecule has 0 fully saturated rings. The van der Waals surface area contributed by atoms with E-state index in [1.165, 1.54) is 0 Å².